The number of anilines is 1. The lowest BCUT2D eigenvalue weighted by atomic mass is 10.2. The first-order valence-corrected chi connectivity index (χ1v) is 8.04. The van der Waals surface area contributed by atoms with Crippen LogP contribution in [0.25, 0.3) is 0 Å². The predicted octanol–water partition coefficient (Wildman–Crippen LogP) is 0.809. The van der Waals surface area contributed by atoms with Crippen molar-refractivity contribution in [2.45, 2.75) is 23.8 Å². The number of carbonyl (C=O) groups is 1. The van der Waals surface area contributed by atoms with Crippen LogP contribution < -0.4 is 11.5 Å². The molecule has 1 aromatic carbocycles. The minimum Gasteiger partial charge on any atom is -0.398 e. The first-order chi connectivity index (χ1) is 9.25. The van der Waals surface area contributed by atoms with Crippen LogP contribution in [-0.4, -0.2) is 31.2 Å². The van der Waals surface area contributed by atoms with Gasteiger partial charge in [0.25, 0.3) is 0 Å². The van der Waals surface area contributed by atoms with E-state index >= 15 is 0 Å². The fourth-order valence-corrected chi connectivity index (χ4v) is 4.24. The van der Waals surface area contributed by atoms with Gasteiger partial charge in [0.1, 0.15) is 16.8 Å². The Labute approximate surface area is 124 Å². The zero-order chi connectivity index (χ0) is 15.1. The van der Waals surface area contributed by atoms with Gasteiger partial charge in [-0.2, -0.15) is 4.31 Å². The number of carbonyl (C=O) groups excluding carboxylic acids is 1. The Hall–Kier alpha value is -1.19. The van der Waals surface area contributed by atoms with Crippen LogP contribution in [0.5, 0.6) is 0 Å². The molecule has 1 aromatic rings. The van der Waals surface area contributed by atoms with Crippen molar-refractivity contribution in [1.82, 2.24) is 4.31 Å². The molecule has 0 aromatic heterocycles. The minimum absolute atomic E-state index is 0.0970. The maximum Gasteiger partial charge on any atom is 0.246 e. The summed E-state index contributed by atoms with van der Waals surface area (Å²) in [5.41, 5.74) is 10.9. The normalized spacial score (nSPS) is 20.2. The van der Waals surface area contributed by atoms with E-state index in [0.717, 1.165) is 16.4 Å². The molecule has 1 aliphatic heterocycles. The highest BCUT2D eigenvalue weighted by Crippen LogP contribution is 2.31. The highest BCUT2D eigenvalue weighted by molar-refractivity contribution is 9.10. The zero-order valence-corrected chi connectivity index (χ0v) is 12.7. The summed E-state index contributed by atoms with van der Waals surface area (Å²) in [6.45, 7) is 0.130. The van der Waals surface area contributed by atoms with Crippen molar-refractivity contribution in [2.24, 2.45) is 5.73 Å². The number of nitrogen functional groups attached to an aromatic ring is 1. The predicted molar refractivity (Wildman–Crippen MR) is 74.6 cm³/mol. The van der Waals surface area contributed by atoms with E-state index in [1.54, 1.807) is 0 Å². The number of nitrogens with zero attached hydrogens (tertiary/aromatic N) is 1. The van der Waals surface area contributed by atoms with E-state index in [2.05, 4.69) is 15.9 Å². The zero-order valence-electron chi connectivity index (χ0n) is 10.3. The molecule has 4 N–H and O–H groups in total. The summed E-state index contributed by atoms with van der Waals surface area (Å²) in [6, 6.07) is 1.08. The molecule has 0 saturated carbocycles. The van der Waals surface area contributed by atoms with E-state index in [-0.39, 0.29) is 16.7 Å². The first kappa shape index (κ1) is 15.2. The van der Waals surface area contributed by atoms with Crippen LogP contribution in [-0.2, 0) is 14.8 Å². The second kappa shape index (κ2) is 5.30. The Morgan fingerprint density at radius 3 is 2.70 bits per heavy atom. The molecule has 1 atom stereocenters. The molecule has 110 valence electrons. The van der Waals surface area contributed by atoms with Crippen LogP contribution in [0.2, 0.25) is 0 Å². The SMILES string of the molecule is NC(=O)C1CCCN1S(=O)(=O)c1cc(N)c(Br)cc1F. The van der Waals surface area contributed by atoms with Gasteiger partial charge in [-0.3, -0.25) is 4.79 Å². The number of hydrogen-bond donors (Lipinski definition) is 2. The molecule has 0 radical (unpaired) electrons. The summed E-state index contributed by atoms with van der Waals surface area (Å²) in [5.74, 6) is -1.67. The monoisotopic (exact) mass is 365 g/mol. The Kier molecular flexibility index (Phi) is 4.03. The standard InChI is InChI=1S/C11H13BrFN3O3S/c12-6-4-7(13)10(5-8(6)14)20(18,19)16-3-1-2-9(16)11(15)17/h4-5,9H,1-3,14H2,(H2,15,17). The Balaban J connectivity index is 2.50. The van der Waals surface area contributed by atoms with E-state index in [9.17, 15) is 17.6 Å². The van der Waals surface area contributed by atoms with E-state index < -0.39 is 32.7 Å². The fraction of sp³-hybridized carbons (Fsp3) is 0.364. The average Bonchev–Trinajstić information content (AvgIpc) is 2.83. The molecular weight excluding hydrogens is 353 g/mol. The van der Waals surface area contributed by atoms with Crippen LogP contribution in [0, 0.1) is 5.82 Å². The van der Waals surface area contributed by atoms with Crippen molar-refractivity contribution < 1.29 is 17.6 Å². The molecule has 6 nitrogen and oxygen atoms in total. The number of sulfonamides is 1. The molecule has 0 bridgehead atoms. The van der Waals surface area contributed by atoms with Gasteiger partial charge in [-0.1, -0.05) is 0 Å². The lowest BCUT2D eigenvalue weighted by Crippen LogP contribution is -2.43. The number of amides is 1. The molecule has 9 heteroatoms. The van der Waals surface area contributed by atoms with Crippen molar-refractivity contribution >= 4 is 37.5 Å². The summed E-state index contributed by atoms with van der Waals surface area (Å²) in [6.07, 6.45) is 0.836. The highest BCUT2D eigenvalue weighted by Gasteiger charge is 2.39. The van der Waals surface area contributed by atoms with Gasteiger partial charge < -0.3 is 11.5 Å². The number of halogens is 2. The molecule has 0 aliphatic carbocycles. The quantitative estimate of drug-likeness (QED) is 0.772. The topological polar surface area (TPSA) is 106 Å². The lowest BCUT2D eigenvalue weighted by Gasteiger charge is -2.22. The van der Waals surface area contributed by atoms with Gasteiger partial charge >= 0.3 is 0 Å². The summed E-state index contributed by atoms with van der Waals surface area (Å²) >= 11 is 3.02. The van der Waals surface area contributed by atoms with Gasteiger partial charge in [-0.15, -0.1) is 0 Å². The van der Waals surface area contributed by atoms with Crippen molar-refractivity contribution in [1.29, 1.82) is 0 Å². The van der Waals surface area contributed by atoms with Crippen LogP contribution in [0.15, 0.2) is 21.5 Å². The van der Waals surface area contributed by atoms with Gasteiger partial charge in [-0.25, -0.2) is 12.8 Å². The second-order valence-corrected chi connectivity index (χ2v) is 7.19. The van der Waals surface area contributed by atoms with E-state index in [0.29, 0.717) is 12.8 Å². The molecule has 1 fully saturated rings. The Bertz CT molecular complexity index is 665. The highest BCUT2D eigenvalue weighted by atomic mass is 79.9. The van der Waals surface area contributed by atoms with Crippen molar-refractivity contribution in [2.75, 3.05) is 12.3 Å². The number of primary amides is 1. The summed E-state index contributed by atoms with van der Waals surface area (Å²) in [5, 5.41) is 0. The van der Waals surface area contributed by atoms with Gasteiger partial charge in [-0.05, 0) is 40.9 Å². The summed E-state index contributed by atoms with van der Waals surface area (Å²) < 4.78 is 40.0. The van der Waals surface area contributed by atoms with E-state index in [1.165, 1.54) is 0 Å². The third-order valence-corrected chi connectivity index (χ3v) is 5.78. The maximum absolute atomic E-state index is 13.9. The number of rotatable bonds is 3. The third-order valence-electron chi connectivity index (χ3n) is 3.17. The Morgan fingerprint density at radius 2 is 2.10 bits per heavy atom. The molecule has 1 aliphatic rings. The van der Waals surface area contributed by atoms with Crippen LogP contribution in [0.4, 0.5) is 10.1 Å². The smallest absolute Gasteiger partial charge is 0.246 e. The molecule has 1 heterocycles. The first-order valence-electron chi connectivity index (χ1n) is 5.81. The lowest BCUT2D eigenvalue weighted by molar-refractivity contribution is -0.121. The number of benzene rings is 1. The summed E-state index contributed by atoms with van der Waals surface area (Å²) in [7, 11) is -4.15. The molecule has 2 rings (SSSR count). The van der Waals surface area contributed by atoms with Crippen molar-refractivity contribution in [3.63, 3.8) is 0 Å². The summed E-state index contributed by atoms with van der Waals surface area (Å²) in [4.78, 5) is 10.7. The van der Waals surface area contributed by atoms with Crippen LogP contribution in [0.3, 0.4) is 0 Å². The van der Waals surface area contributed by atoms with Gasteiger partial charge in [0.2, 0.25) is 15.9 Å². The molecule has 1 amide bonds. The van der Waals surface area contributed by atoms with Gasteiger partial charge in [0, 0.05) is 16.7 Å². The van der Waals surface area contributed by atoms with E-state index in [4.69, 9.17) is 11.5 Å². The number of nitrogens with two attached hydrogens (primary N) is 2. The molecular formula is C11H13BrFN3O3S. The van der Waals surface area contributed by atoms with Crippen molar-refractivity contribution in [3.8, 4) is 0 Å². The van der Waals surface area contributed by atoms with Gasteiger partial charge in [0.15, 0.2) is 0 Å². The maximum atomic E-state index is 13.9. The second-order valence-electron chi connectivity index (χ2n) is 4.48. The van der Waals surface area contributed by atoms with E-state index in [1.807, 2.05) is 0 Å². The van der Waals surface area contributed by atoms with Crippen LogP contribution in [0.1, 0.15) is 12.8 Å². The fourth-order valence-electron chi connectivity index (χ4n) is 2.18. The minimum atomic E-state index is -4.15. The third kappa shape index (κ3) is 2.52. The van der Waals surface area contributed by atoms with Crippen molar-refractivity contribution in [3.05, 3.63) is 22.4 Å². The van der Waals surface area contributed by atoms with Gasteiger partial charge in [0.05, 0.1) is 0 Å². The molecule has 1 saturated heterocycles. The largest absolute Gasteiger partial charge is 0.398 e. The molecule has 0 spiro atoms. The molecule has 1 unspecified atom stereocenters. The van der Waals surface area contributed by atoms with Crippen LogP contribution >= 0.6 is 15.9 Å². The average molecular weight is 366 g/mol. The molecule has 20 heavy (non-hydrogen) atoms. The number of hydrogen-bond acceptors (Lipinski definition) is 4. The Morgan fingerprint density at radius 1 is 1.45 bits per heavy atom.